The van der Waals surface area contributed by atoms with Gasteiger partial charge >= 0.3 is 5.97 Å². The summed E-state index contributed by atoms with van der Waals surface area (Å²) in [7, 11) is 0. The van der Waals surface area contributed by atoms with Crippen molar-refractivity contribution in [1.29, 1.82) is 0 Å². The molecule has 1 aliphatic rings. The van der Waals surface area contributed by atoms with Crippen molar-refractivity contribution < 1.29 is 44.2 Å². The van der Waals surface area contributed by atoms with E-state index in [1.165, 1.54) is 0 Å². The van der Waals surface area contributed by atoms with Gasteiger partial charge in [0.15, 0.2) is 12.4 Å². The van der Waals surface area contributed by atoms with Gasteiger partial charge in [-0.3, -0.25) is 0 Å². The number of aliphatic hydroxyl groups excluding tert-OH is 3. The molecule has 0 aliphatic carbocycles. The van der Waals surface area contributed by atoms with Crippen molar-refractivity contribution in [2.45, 2.75) is 30.7 Å². The highest BCUT2D eigenvalue weighted by Crippen LogP contribution is 2.22. The van der Waals surface area contributed by atoms with Crippen molar-refractivity contribution in [3.8, 4) is 0 Å². The molecule has 1 aliphatic heterocycles. The summed E-state index contributed by atoms with van der Waals surface area (Å²) in [6.07, 6.45) is -8.00. The minimum Gasteiger partial charge on any atom is -0.479 e. The Morgan fingerprint density at radius 3 is 2.14 bits per heavy atom. The first-order chi connectivity index (χ1) is 10.5. The van der Waals surface area contributed by atoms with Crippen LogP contribution in [0.25, 0.3) is 0 Å². The molecule has 1 heterocycles. The summed E-state index contributed by atoms with van der Waals surface area (Å²) in [6, 6.07) is 0. The van der Waals surface area contributed by atoms with Gasteiger partial charge in [-0.1, -0.05) is 0 Å². The number of carboxylic acids is 1. The van der Waals surface area contributed by atoms with Crippen LogP contribution in [0.3, 0.4) is 0 Å². The van der Waals surface area contributed by atoms with Gasteiger partial charge in [0.2, 0.25) is 0 Å². The number of carbonyl (C=O) groups is 1. The van der Waals surface area contributed by atoms with Crippen molar-refractivity contribution in [1.82, 2.24) is 0 Å². The molecule has 0 aromatic carbocycles. The van der Waals surface area contributed by atoms with Gasteiger partial charge in [0.1, 0.15) is 18.3 Å². The Bertz CT molecular complexity index is 330. The summed E-state index contributed by atoms with van der Waals surface area (Å²) in [5, 5.41) is 37.6. The van der Waals surface area contributed by atoms with Crippen LogP contribution in [0.4, 0.5) is 0 Å². The van der Waals surface area contributed by atoms with E-state index in [0.717, 1.165) is 0 Å². The van der Waals surface area contributed by atoms with Crippen LogP contribution >= 0.6 is 0 Å². The zero-order chi connectivity index (χ0) is 16.5. The lowest BCUT2D eigenvalue weighted by Crippen LogP contribution is -2.60. The summed E-state index contributed by atoms with van der Waals surface area (Å²) in [4.78, 5) is 10.9. The Morgan fingerprint density at radius 1 is 0.955 bits per heavy atom. The van der Waals surface area contributed by atoms with Crippen LogP contribution < -0.4 is 5.73 Å². The molecular formula is C12H23NO9. The van der Waals surface area contributed by atoms with E-state index in [4.69, 9.17) is 29.8 Å². The molecule has 1 rings (SSSR count). The molecule has 22 heavy (non-hydrogen) atoms. The molecule has 0 aromatic rings. The third-order valence-electron chi connectivity index (χ3n) is 2.96. The summed E-state index contributed by atoms with van der Waals surface area (Å²) >= 11 is 0. The maximum atomic E-state index is 10.9. The quantitative estimate of drug-likeness (QED) is 0.260. The summed E-state index contributed by atoms with van der Waals surface area (Å²) < 4.78 is 20.3. The number of hydrogen-bond donors (Lipinski definition) is 5. The first-order valence-corrected chi connectivity index (χ1v) is 6.88. The van der Waals surface area contributed by atoms with E-state index in [2.05, 4.69) is 0 Å². The molecule has 1 saturated heterocycles. The molecule has 1 unspecified atom stereocenters. The Hall–Kier alpha value is -0.850. The van der Waals surface area contributed by atoms with Gasteiger partial charge in [-0.2, -0.15) is 0 Å². The molecule has 5 atom stereocenters. The maximum Gasteiger partial charge on any atom is 0.335 e. The number of aliphatic hydroxyl groups is 3. The molecule has 10 nitrogen and oxygen atoms in total. The molecule has 10 heteroatoms. The predicted octanol–water partition coefficient (Wildman–Crippen LogP) is -3.11. The van der Waals surface area contributed by atoms with E-state index >= 15 is 0 Å². The molecule has 0 saturated carbocycles. The van der Waals surface area contributed by atoms with E-state index in [1.807, 2.05) is 0 Å². The number of aliphatic carboxylic acids is 1. The molecule has 0 bridgehead atoms. The van der Waals surface area contributed by atoms with Gasteiger partial charge in [0, 0.05) is 6.54 Å². The summed E-state index contributed by atoms with van der Waals surface area (Å²) in [5.41, 5.74) is 5.24. The average Bonchev–Trinajstić information content (AvgIpc) is 2.49. The van der Waals surface area contributed by atoms with Gasteiger partial charge in [0.25, 0.3) is 0 Å². The normalized spacial score (nSPS) is 32.1. The largest absolute Gasteiger partial charge is 0.479 e. The van der Waals surface area contributed by atoms with Gasteiger partial charge in [0.05, 0.1) is 33.0 Å². The number of rotatable bonds is 10. The van der Waals surface area contributed by atoms with Crippen LogP contribution in [0.1, 0.15) is 0 Å². The fourth-order valence-corrected chi connectivity index (χ4v) is 1.82. The van der Waals surface area contributed by atoms with E-state index in [1.54, 1.807) is 0 Å². The van der Waals surface area contributed by atoms with Crippen LogP contribution in [0, 0.1) is 0 Å². The first kappa shape index (κ1) is 19.2. The second-order valence-electron chi connectivity index (χ2n) is 4.62. The highest BCUT2D eigenvalue weighted by Gasteiger charge is 2.47. The van der Waals surface area contributed by atoms with Crippen molar-refractivity contribution >= 4 is 5.97 Å². The number of hydrogen-bond acceptors (Lipinski definition) is 9. The molecule has 0 radical (unpaired) electrons. The monoisotopic (exact) mass is 325 g/mol. The zero-order valence-corrected chi connectivity index (χ0v) is 12.0. The molecule has 6 N–H and O–H groups in total. The highest BCUT2D eigenvalue weighted by atomic mass is 16.7. The Labute approximate surface area is 127 Å². The minimum absolute atomic E-state index is 0.00771. The van der Waals surface area contributed by atoms with Crippen LogP contribution in [-0.2, 0) is 23.7 Å². The van der Waals surface area contributed by atoms with E-state index < -0.39 is 36.7 Å². The second-order valence-corrected chi connectivity index (χ2v) is 4.62. The van der Waals surface area contributed by atoms with Crippen LogP contribution in [0.5, 0.6) is 0 Å². The SMILES string of the molecule is NCCOCCOCCOC1O[C@H](C(=O)O)[C@@H](O)[C@H](O)[C@H]1O. The van der Waals surface area contributed by atoms with Crippen LogP contribution in [-0.4, -0.2) is 96.7 Å². The van der Waals surface area contributed by atoms with Crippen molar-refractivity contribution in [2.24, 2.45) is 5.73 Å². The predicted molar refractivity (Wildman–Crippen MR) is 71.0 cm³/mol. The van der Waals surface area contributed by atoms with Gasteiger partial charge in [-0.05, 0) is 0 Å². The highest BCUT2D eigenvalue weighted by molar-refractivity contribution is 5.73. The van der Waals surface area contributed by atoms with Crippen LogP contribution in [0.2, 0.25) is 0 Å². The Kier molecular flexibility index (Phi) is 8.75. The van der Waals surface area contributed by atoms with E-state index in [-0.39, 0.29) is 13.2 Å². The average molecular weight is 325 g/mol. The Morgan fingerprint density at radius 2 is 1.55 bits per heavy atom. The number of nitrogens with two attached hydrogens (primary N) is 1. The van der Waals surface area contributed by atoms with Gasteiger partial charge in [-0.15, -0.1) is 0 Å². The van der Waals surface area contributed by atoms with Crippen molar-refractivity contribution in [3.63, 3.8) is 0 Å². The lowest BCUT2D eigenvalue weighted by Gasteiger charge is -2.38. The standard InChI is InChI=1S/C12H23NO9/c13-1-2-19-3-4-20-5-6-21-12-9(16)7(14)8(15)10(22-12)11(17)18/h7-10,12,14-16H,1-6,13H2,(H,17,18)/t7-,8-,9+,10-,12?/m0/s1. The maximum absolute atomic E-state index is 10.9. The van der Waals surface area contributed by atoms with Crippen LogP contribution in [0.15, 0.2) is 0 Å². The molecule has 130 valence electrons. The molecule has 1 fully saturated rings. The fourth-order valence-electron chi connectivity index (χ4n) is 1.82. The second kappa shape index (κ2) is 10.0. The molecular weight excluding hydrogens is 302 g/mol. The lowest BCUT2D eigenvalue weighted by atomic mass is 9.99. The topological polar surface area (TPSA) is 161 Å². The Balaban J connectivity index is 2.25. The van der Waals surface area contributed by atoms with Gasteiger partial charge < -0.3 is 45.1 Å². The summed E-state index contributed by atoms with van der Waals surface area (Å²) in [6.45, 7) is 1.75. The molecule has 0 amide bonds. The molecule has 0 spiro atoms. The van der Waals surface area contributed by atoms with E-state index in [0.29, 0.717) is 26.4 Å². The third-order valence-corrected chi connectivity index (χ3v) is 2.96. The minimum atomic E-state index is -1.73. The first-order valence-electron chi connectivity index (χ1n) is 6.88. The fraction of sp³-hybridized carbons (Fsp3) is 0.917. The summed E-state index contributed by atoms with van der Waals surface area (Å²) in [5.74, 6) is -1.46. The molecule has 0 aromatic heterocycles. The van der Waals surface area contributed by atoms with Crippen molar-refractivity contribution in [2.75, 3.05) is 39.6 Å². The number of carboxylic acid groups (broad SMARTS) is 1. The van der Waals surface area contributed by atoms with Crippen molar-refractivity contribution in [3.05, 3.63) is 0 Å². The number of ether oxygens (including phenoxy) is 4. The smallest absolute Gasteiger partial charge is 0.335 e. The van der Waals surface area contributed by atoms with E-state index in [9.17, 15) is 20.1 Å². The third kappa shape index (κ3) is 5.74. The van der Waals surface area contributed by atoms with Gasteiger partial charge in [-0.25, -0.2) is 4.79 Å². The lowest BCUT2D eigenvalue weighted by molar-refractivity contribution is -0.295. The zero-order valence-electron chi connectivity index (χ0n) is 12.0.